The Hall–Kier alpha value is -2.27. The lowest BCUT2D eigenvalue weighted by molar-refractivity contribution is -0.138. The van der Waals surface area contributed by atoms with Crippen molar-refractivity contribution >= 4 is 23.6 Å². The van der Waals surface area contributed by atoms with Crippen LogP contribution in [-0.4, -0.2) is 34.6 Å². The van der Waals surface area contributed by atoms with Gasteiger partial charge in [0.05, 0.1) is 5.75 Å². The lowest BCUT2D eigenvalue weighted by atomic mass is 10.1. The van der Waals surface area contributed by atoms with E-state index in [0.29, 0.717) is 12.3 Å². The number of aryl methyl sites for hydroxylation is 1. The number of thioether (sulfide) groups is 1. The van der Waals surface area contributed by atoms with Crippen molar-refractivity contribution in [3.05, 3.63) is 71.3 Å². The molecule has 2 aromatic rings. The van der Waals surface area contributed by atoms with E-state index in [1.165, 1.54) is 11.1 Å². The van der Waals surface area contributed by atoms with E-state index in [1.54, 1.807) is 23.6 Å². The van der Waals surface area contributed by atoms with Gasteiger partial charge in [-0.05, 0) is 38.8 Å². The molecule has 5 heteroatoms. The molecule has 1 N–H and O–H groups in total. The van der Waals surface area contributed by atoms with Gasteiger partial charge in [0.1, 0.15) is 6.04 Å². The second kappa shape index (κ2) is 10.9. The van der Waals surface area contributed by atoms with Gasteiger partial charge in [-0.1, -0.05) is 60.2 Å². The van der Waals surface area contributed by atoms with Gasteiger partial charge in [-0.15, -0.1) is 11.8 Å². The molecule has 0 spiro atoms. The van der Waals surface area contributed by atoms with E-state index in [1.807, 2.05) is 63.2 Å². The monoisotopic (exact) mass is 398 g/mol. The number of benzene rings is 2. The molecule has 2 amide bonds. The highest BCUT2D eigenvalue weighted by molar-refractivity contribution is 7.99. The van der Waals surface area contributed by atoms with Crippen LogP contribution in [0.3, 0.4) is 0 Å². The molecule has 2 aromatic carbocycles. The van der Waals surface area contributed by atoms with Crippen molar-refractivity contribution in [3.8, 4) is 0 Å². The van der Waals surface area contributed by atoms with Gasteiger partial charge < -0.3 is 10.2 Å². The molecule has 0 fully saturated rings. The molecule has 0 saturated heterocycles. The number of hydrogen-bond acceptors (Lipinski definition) is 3. The van der Waals surface area contributed by atoms with Crippen molar-refractivity contribution in [2.75, 3.05) is 5.75 Å². The van der Waals surface area contributed by atoms with E-state index in [-0.39, 0.29) is 17.9 Å². The molecule has 1 atom stereocenters. The van der Waals surface area contributed by atoms with Crippen molar-refractivity contribution in [1.82, 2.24) is 10.2 Å². The van der Waals surface area contributed by atoms with Gasteiger partial charge in [0.25, 0.3) is 0 Å². The van der Waals surface area contributed by atoms with Crippen molar-refractivity contribution in [3.63, 3.8) is 0 Å². The summed E-state index contributed by atoms with van der Waals surface area (Å²) in [5.74, 6) is 0.980. The van der Waals surface area contributed by atoms with Crippen LogP contribution in [0.25, 0.3) is 0 Å². The van der Waals surface area contributed by atoms with Crippen LogP contribution in [0.4, 0.5) is 0 Å². The maximum atomic E-state index is 13.0. The zero-order valence-corrected chi connectivity index (χ0v) is 18.0. The zero-order chi connectivity index (χ0) is 20.5. The Morgan fingerprint density at radius 3 is 2.21 bits per heavy atom. The van der Waals surface area contributed by atoms with Gasteiger partial charge in [0.15, 0.2) is 0 Å². The summed E-state index contributed by atoms with van der Waals surface area (Å²) in [6.45, 7) is 8.11. The minimum absolute atomic E-state index is 0.0205. The lowest BCUT2D eigenvalue weighted by Gasteiger charge is -2.29. The fourth-order valence-electron chi connectivity index (χ4n) is 2.79. The van der Waals surface area contributed by atoms with Crippen molar-refractivity contribution < 1.29 is 9.59 Å². The second-order valence-corrected chi connectivity index (χ2v) is 8.31. The number of carbonyl (C=O) groups is 2. The van der Waals surface area contributed by atoms with Crippen LogP contribution in [0, 0.1) is 6.92 Å². The predicted molar refractivity (Wildman–Crippen MR) is 117 cm³/mol. The number of nitrogens with one attached hydrogen (secondary N) is 1. The Morgan fingerprint density at radius 2 is 1.61 bits per heavy atom. The predicted octanol–water partition coefficient (Wildman–Crippen LogP) is 4.17. The fraction of sp³-hybridized carbons (Fsp3) is 0.391. The average molecular weight is 399 g/mol. The van der Waals surface area contributed by atoms with Gasteiger partial charge in [0, 0.05) is 18.3 Å². The van der Waals surface area contributed by atoms with Crippen LogP contribution in [0.5, 0.6) is 0 Å². The number of carbonyl (C=O) groups excluding carboxylic acids is 2. The summed E-state index contributed by atoms with van der Waals surface area (Å²) in [6.07, 6.45) is 0. The number of hydrogen-bond donors (Lipinski definition) is 1. The molecule has 0 aliphatic rings. The van der Waals surface area contributed by atoms with Gasteiger partial charge in [-0.25, -0.2) is 0 Å². The third kappa shape index (κ3) is 7.04. The van der Waals surface area contributed by atoms with E-state index in [0.717, 1.165) is 11.3 Å². The molecular weight excluding hydrogens is 368 g/mol. The first-order valence-electron chi connectivity index (χ1n) is 9.64. The van der Waals surface area contributed by atoms with Crippen LogP contribution in [-0.2, 0) is 21.9 Å². The highest BCUT2D eigenvalue weighted by atomic mass is 32.2. The molecule has 4 nitrogen and oxygen atoms in total. The topological polar surface area (TPSA) is 49.4 Å². The zero-order valence-electron chi connectivity index (χ0n) is 17.1. The Bertz CT molecular complexity index is 760. The van der Waals surface area contributed by atoms with Crippen molar-refractivity contribution in [1.29, 1.82) is 0 Å². The van der Waals surface area contributed by atoms with Gasteiger partial charge >= 0.3 is 0 Å². The molecule has 28 heavy (non-hydrogen) atoms. The van der Waals surface area contributed by atoms with Crippen LogP contribution < -0.4 is 5.32 Å². The lowest BCUT2D eigenvalue weighted by Crippen LogP contribution is -2.49. The maximum Gasteiger partial charge on any atom is 0.242 e. The highest BCUT2D eigenvalue weighted by Gasteiger charge is 2.26. The molecule has 150 valence electrons. The first-order valence-corrected chi connectivity index (χ1v) is 10.8. The van der Waals surface area contributed by atoms with Gasteiger partial charge in [-0.3, -0.25) is 9.59 Å². The molecule has 0 unspecified atom stereocenters. The molecule has 0 radical (unpaired) electrons. The number of amides is 2. The van der Waals surface area contributed by atoms with E-state index in [9.17, 15) is 9.59 Å². The Labute approximate surface area is 172 Å². The highest BCUT2D eigenvalue weighted by Crippen LogP contribution is 2.16. The first-order chi connectivity index (χ1) is 13.4. The van der Waals surface area contributed by atoms with Crippen LogP contribution in [0.2, 0.25) is 0 Å². The molecule has 0 bridgehead atoms. The van der Waals surface area contributed by atoms with E-state index < -0.39 is 6.04 Å². The van der Waals surface area contributed by atoms with Crippen LogP contribution >= 0.6 is 11.8 Å². The number of nitrogens with zero attached hydrogens (tertiary/aromatic N) is 1. The van der Waals surface area contributed by atoms with Gasteiger partial charge in [0.2, 0.25) is 11.8 Å². The van der Waals surface area contributed by atoms with E-state index in [4.69, 9.17) is 0 Å². The molecule has 0 aliphatic heterocycles. The summed E-state index contributed by atoms with van der Waals surface area (Å²) in [6, 6.07) is 17.7. The minimum atomic E-state index is -0.520. The summed E-state index contributed by atoms with van der Waals surface area (Å²) in [4.78, 5) is 27.2. The SMILES string of the molecule is Cc1ccc(CN(C(=O)CSCc2ccccc2)[C@H](C)C(=O)NC(C)C)cc1. The third-order valence-electron chi connectivity index (χ3n) is 4.41. The smallest absolute Gasteiger partial charge is 0.242 e. The van der Waals surface area contributed by atoms with Crippen molar-refractivity contribution in [2.24, 2.45) is 0 Å². The third-order valence-corrected chi connectivity index (χ3v) is 5.40. The van der Waals surface area contributed by atoms with Gasteiger partial charge in [-0.2, -0.15) is 0 Å². The molecule has 0 aromatic heterocycles. The quantitative estimate of drug-likeness (QED) is 0.690. The Balaban J connectivity index is 2.05. The minimum Gasteiger partial charge on any atom is -0.352 e. The largest absolute Gasteiger partial charge is 0.352 e. The maximum absolute atomic E-state index is 13.0. The average Bonchev–Trinajstić information content (AvgIpc) is 2.67. The Morgan fingerprint density at radius 1 is 0.964 bits per heavy atom. The first kappa shape index (κ1) is 22.0. The van der Waals surface area contributed by atoms with Crippen LogP contribution in [0.15, 0.2) is 54.6 Å². The summed E-state index contributed by atoms with van der Waals surface area (Å²) in [5, 5.41) is 2.92. The fourth-order valence-corrected chi connectivity index (χ4v) is 3.66. The van der Waals surface area contributed by atoms with E-state index >= 15 is 0 Å². The standard InChI is InChI=1S/C23H30N2O2S/c1-17(2)24-23(27)19(4)25(14-20-12-10-18(3)11-13-20)22(26)16-28-15-21-8-6-5-7-9-21/h5-13,17,19H,14-16H2,1-4H3,(H,24,27)/t19-/m1/s1. The second-order valence-electron chi connectivity index (χ2n) is 7.32. The summed E-state index contributed by atoms with van der Waals surface area (Å²) < 4.78 is 0. The van der Waals surface area contributed by atoms with E-state index in [2.05, 4.69) is 17.4 Å². The molecule has 2 rings (SSSR count). The van der Waals surface area contributed by atoms with Crippen molar-refractivity contribution in [2.45, 2.75) is 52.1 Å². The summed E-state index contributed by atoms with van der Waals surface area (Å²) in [5.41, 5.74) is 3.39. The number of rotatable bonds is 9. The molecule has 0 aliphatic carbocycles. The molecule has 0 heterocycles. The molecular formula is C23H30N2O2S. The summed E-state index contributed by atoms with van der Waals surface area (Å²) >= 11 is 1.58. The normalized spacial score (nSPS) is 11.9. The molecule has 0 saturated carbocycles. The Kier molecular flexibility index (Phi) is 8.58. The summed E-state index contributed by atoms with van der Waals surface area (Å²) in [7, 11) is 0. The van der Waals surface area contributed by atoms with Crippen LogP contribution in [0.1, 0.15) is 37.5 Å².